The number of nitrogens with one attached hydrogen (secondary N) is 1. The molecule has 0 aliphatic carbocycles. The first-order valence-corrected chi connectivity index (χ1v) is 10.5. The smallest absolute Gasteiger partial charge is 0.193 e. The van der Waals surface area contributed by atoms with Gasteiger partial charge >= 0.3 is 0 Å². The van der Waals surface area contributed by atoms with Crippen molar-refractivity contribution >= 4 is 5.96 Å². The van der Waals surface area contributed by atoms with E-state index in [1.54, 1.807) is 0 Å². The normalized spacial score (nSPS) is 22.2. The second-order valence-corrected chi connectivity index (χ2v) is 7.92. The Kier molecular flexibility index (Phi) is 6.20. The lowest BCUT2D eigenvalue weighted by Gasteiger charge is -2.34. The van der Waals surface area contributed by atoms with Gasteiger partial charge in [-0.2, -0.15) is 5.10 Å². The van der Waals surface area contributed by atoms with Crippen LogP contribution < -0.4 is 5.32 Å². The van der Waals surface area contributed by atoms with E-state index in [1.807, 2.05) is 38.0 Å². The summed E-state index contributed by atoms with van der Waals surface area (Å²) in [5, 5.41) is 7.93. The van der Waals surface area contributed by atoms with Crippen molar-refractivity contribution in [1.29, 1.82) is 0 Å². The molecule has 2 aromatic rings. The molecule has 1 N–H and O–H groups in total. The number of likely N-dealkylation sites (tertiary alicyclic amines) is 1. The van der Waals surface area contributed by atoms with Crippen molar-refractivity contribution in [3.8, 4) is 0 Å². The summed E-state index contributed by atoms with van der Waals surface area (Å²) in [6.45, 7) is 8.08. The minimum atomic E-state index is 0.168. The number of aromatic nitrogens is 2. The molecular weight excluding hydrogens is 368 g/mol. The highest BCUT2D eigenvalue weighted by Crippen LogP contribution is 2.27. The van der Waals surface area contributed by atoms with Crippen LogP contribution in [0, 0.1) is 6.92 Å². The van der Waals surface area contributed by atoms with Gasteiger partial charge in [0, 0.05) is 58.9 Å². The lowest BCUT2D eigenvalue weighted by molar-refractivity contribution is 0.0123. The van der Waals surface area contributed by atoms with Gasteiger partial charge in [-0.05, 0) is 31.0 Å². The Balaban J connectivity index is 1.40. The van der Waals surface area contributed by atoms with Crippen LogP contribution in [0.25, 0.3) is 0 Å². The first-order valence-electron chi connectivity index (χ1n) is 10.5. The standard InChI is InChI=1S/C21H32N6O2/c1-16-4-5-20(29-16)19(26-8-10-28-11-9-26)13-23-21(22-2)27-7-6-17(15-27)18-12-24-25(3)14-18/h4-5,12,14,17,19H,6-11,13,15H2,1-3H3,(H,22,23). The first-order chi connectivity index (χ1) is 14.1. The average Bonchev–Trinajstić information content (AvgIpc) is 3.47. The molecule has 8 nitrogen and oxygen atoms in total. The third kappa shape index (κ3) is 4.64. The van der Waals surface area contributed by atoms with Gasteiger partial charge in [-0.15, -0.1) is 0 Å². The predicted octanol–water partition coefficient (Wildman–Crippen LogP) is 1.76. The van der Waals surface area contributed by atoms with Gasteiger partial charge < -0.3 is 19.4 Å². The van der Waals surface area contributed by atoms with E-state index >= 15 is 0 Å². The molecule has 2 aliphatic rings. The molecule has 2 unspecified atom stereocenters. The number of hydrogen-bond donors (Lipinski definition) is 1. The van der Waals surface area contributed by atoms with Crippen LogP contribution in [0.4, 0.5) is 0 Å². The molecule has 2 atom stereocenters. The average molecular weight is 401 g/mol. The maximum atomic E-state index is 5.98. The molecule has 2 aliphatic heterocycles. The molecule has 0 bridgehead atoms. The molecule has 4 heterocycles. The summed E-state index contributed by atoms with van der Waals surface area (Å²) in [6, 6.07) is 4.30. The number of hydrogen-bond acceptors (Lipinski definition) is 5. The fourth-order valence-electron chi connectivity index (χ4n) is 4.33. The predicted molar refractivity (Wildman–Crippen MR) is 112 cm³/mol. The van der Waals surface area contributed by atoms with E-state index in [4.69, 9.17) is 9.15 Å². The summed E-state index contributed by atoms with van der Waals surface area (Å²) in [6.07, 6.45) is 5.23. The number of guanidine groups is 1. The van der Waals surface area contributed by atoms with Crippen molar-refractivity contribution in [2.24, 2.45) is 12.0 Å². The van der Waals surface area contributed by atoms with Gasteiger partial charge in [-0.3, -0.25) is 14.6 Å². The summed E-state index contributed by atoms with van der Waals surface area (Å²) < 4.78 is 13.4. The van der Waals surface area contributed by atoms with Gasteiger partial charge in [0.2, 0.25) is 0 Å². The third-order valence-corrected chi connectivity index (χ3v) is 5.93. The molecule has 2 saturated heterocycles. The SMILES string of the molecule is CN=C(NCC(c1ccc(C)o1)N1CCOCC1)N1CCC(c2cnn(C)c2)C1. The monoisotopic (exact) mass is 400 g/mol. The second kappa shape index (κ2) is 9.00. The molecule has 0 aromatic carbocycles. The zero-order valence-electron chi connectivity index (χ0n) is 17.7. The van der Waals surface area contributed by atoms with E-state index in [9.17, 15) is 0 Å². The number of aryl methyl sites for hydroxylation is 2. The van der Waals surface area contributed by atoms with Gasteiger partial charge in [0.1, 0.15) is 11.5 Å². The van der Waals surface area contributed by atoms with Crippen LogP contribution >= 0.6 is 0 Å². The van der Waals surface area contributed by atoms with Gasteiger partial charge in [-0.1, -0.05) is 0 Å². The zero-order chi connectivity index (χ0) is 20.2. The van der Waals surface area contributed by atoms with Gasteiger partial charge in [0.15, 0.2) is 5.96 Å². The molecule has 0 amide bonds. The molecule has 0 radical (unpaired) electrons. The summed E-state index contributed by atoms with van der Waals surface area (Å²) in [4.78, 5) is 9.34. The van der Waals surface area contributed by atoms with Crippen LogP contribution in [0.1, 0.15) is 35.5 Å². The largest absolute Gasteiger partial charge is 0.465 e. The Morgan fingerprint density at radius 3 is 2.79 bits per heavy atom. The van der Waals surface area contributed by atoms with Crippen molar-refractivity contribution in [3.63, 3.8) is 0 Å². The lowest BCUT2D eigenvalue weighted by atomic mass is 10.0. The molecule has 0 saturated carbocycles. The minimum Gasteiger partial charge on any atom is -0.465 e. The Bertz CT molecular complexity index is 823. The number of morpholine rings is 1. The second-order valence-electron chi connectivity index (χ2n) is 7.92. The molecule has 158 valence electrons. The van der Waals surface area contributed by atoms with Crippen molar-refractivity contribution in [2.45, 2.75) is 25.3 Å². The maximum absolute atomic E-state index is 5.98. The first kappa shape index (κ1) is 20.0. The minimum absolute atomic E-state index is 0.168. The zero-order valence-corrected chi connectivity index (χ0v) is 17.7. The lowest BCUT2D eigenvalue weighted by Crippen LogP contribution is -2.47. The molecule has 4 rings (SSSR count). The van der Waals surface area contributed by atoms with Crippen LogP contribution in [0.3, 0.4) is 0 Å². The van der Waals surface area contributed by atoms with Crippen molar-refractivity contribution in [2.75, 3.05) is 53.0 Å². The molecular formula is C21H32N6O2. The van der Waals surface area contributed by atoms with Crippen LogP contribution in [0.2, 0.25) is 0 Å². The topological polar surface area (TPSA) is 71.1 Å². The molecule has 2 fully saturated rings. The highest BCUT2D eigenvalue weighted by molar-refractivity contribution is 5.80. The number of ether oxygens (including phenoxy) is 1. The highest BCUT2D eigenvalue weighted by atomic mass is 16.5. The van der Waals surface area contributed by atoms with E-state index in [2.05, 4.69) is 37.5 Å². The van der Waals surface area contributed by atoms with E-state index in [0.717, 1.165) is 69.8 Å². The van der Waals surface area contributed by atoms with Crippen molar-refractivity contribution in [3.05, 3.63) is 41.6 Å². The van der Waals surface area contributed by atoms with Crippen molar-refractivity contribution < 1.29 is 9.15 Å². The fraction of sp³-hybridized carbons (Fsp3) is 0.619. The molecule has 8 heteroatoms. The van der Waals surface area contributed by atoms with Gasteiger partial charge in [0.05, 0.1) is 25.5 Å². The Morgan fingerprint density at radius 2 is 2.14 bits per heavy atom. The van der Waals surface area contributed by atoms with E-state index < -0.39 is 0 Å². The van der Waals surface area contributed by atoms with Crippen LogP contribution in [0.15, 0.2) is 33.9 Å². The molecule has 0 spiro atoms. The van der Waals surface area contributed by atoms with Crippen LogP contribution in [-0.4, -0.2) is 78.5 Å². The highest BCUT2D eigenvalue weighted by Gasteiger charge is 2.29. The Morgan fingerprint density at radius 1 is 1.31 bits per heavy atom. The summed E-state index contributed by atoms with van der Waals surface area (Å²) in [7, 11) is 3.83. The number of nitrogens with zero attached hydrogens (tertiary/aromatic N) is 5. The maximum Gasteiger partial charge on any atom is 0.193 e. The Hall–Kier alpha value is -2.32. The number of furan rings is 1. The van der Waals surface area contributed by atoms with E-state index in [0.29, 0.717) is 5.92 Å². The molecule has 2 aromatic heterocycles. The summed E-state index contributed by atoms with van der Waals surface area (Å²) >= 11 is 0. The van der Waals surface area contributed by atoms with Gasteiger partial charge in [-0.25, -0.2) is 0 Å². The van der Waals surface area contributed by atoms with Crippen LogP contribution in [0.5, 0.6) is 0 Å². The van der Waals surface area contributed by atoms with Gasteiger partial charge in [0.25, 0.3) is 0 Å². The molecule has 29 heavy (non-hydrogen) atoms. The fourth-order valence-corrected chi connectivity index (χ4v) is 4.33. The van der Waals surface area contributed by atoms with Crippen molar-refractivity contribution in [1.82, 2.24) is 24.9 Å². The third-order valence-electron chi connectivity index (χ3n) is 5.93. The van der Waals surface area contributed by atoms with E-state index in [1.165, 1.54) is 5.56 Å². The summed E-state index contributed by atoms with van der Waals surface area (Å²) in [5.74, 6) is 3.41. The summed E-state index contributed by atoms with van der Waals surface area (Å²) in [5.41, 5.74) is 1.31. The Labute approximate surface area is 172 Å². The quantitative estimate of drug-likeness (QED) is 0.609. The number of aliphatic imine (C=N–C) groups is 1. The number of rotatable bonds is 5. The van der Waals surface area contributed by atoms with Crippen LogP contribution in [-0.2, 0) is 11.8 Å². The van der Waals surface area contributed by atoms with E-state index in [-0.39, 0.29) is 6.04 Å².